The second kappa shape index (κ2) is 3.90. The number of hydrogen-bond acceptors (Lipinski definition) is 3. The van der Waals surface area contributed by atoms with E-state index in [1.807, 2.05) is 0 Å². The van der Waals surface area contributed by atoms with Crippen LogP contribution in [0.25, 0.3) is 0 Å². The van der Waals surface area contributed by atoms with Crippen LogP contribution in [0.3, 0.4) is 0 Å². The predicted molar refractivity (Wildman–Crippen MR) is 52.4 cm³/mol. The molecule has 15 heavy (non-hydrogen) atoms. The highest BCUT2D eigenvalue weighted by Crippen LogP contribution is 2.12. The van der Waals surface area contributed by atoms with Crippen molar-refractivity contribution in [2.24, 2.45) is 0 Å². The molecule has 2 rings (SSSR count). The monoisotopic (exact) mass is 211 g/mol. The molecule has 1 aliphatic heterocycles. The molecule has 0 aromatic carbocycles. The first-order chi connectivity index (χ1) is 7.22. The molecule has 1 aromatic heterocycles. The van der Waals surface area contributed by atoms with Crippen LogP contribution in [0.4, 0.5) is 0 Å². The van der Waals surface area contributed by atoms with E-state index in [0.717, 1.165) is 5.69 Å². The van der Waals surface area contributed by atoms with Crippen LogP contribution in [-0.4, -0.2) is 41.3 Å². The number of carbonyl (C=O) groups is 1. The van der Waals surface area contributed by atoms with Crippen molar-refractivity contribution < 1.29 is 9.53 Å². The minimum Gasteiger partial charge on any atom is -0.375 e. The number of methoxy groups -OCH3 is 1. The topological polar surface area (TPSA) is 78.2 Å². The van der Waals surface area contributed by atoms with Crippen molar-refractivity contribution in [1.82, 2.24) is 15.1 Å². The number of nitrogens with one attached hydrogen (secondary N) is 2. The Morgan fingerprint density at radius 2 is 2.33 bits per heavy atom. The first kappa shape index (κ1) is 9.97. The van der Waals surface area contributed by atoms with Gasteiger partial charge in [-0.3, -0.25) is 14.7 Å². The Labute approximate surface area is 86.2 Å². The maximum absolute atomic E-state index is 11.5. The number of fused-ring (bicyclic) bond motifs is 1. The molecule has 0 saturated heterocycles. The van der Waals surface area contributed by atoms with Gasteiger partial charge in [-0.15, -0.1) is 0 Å². The van der Waals surface area contributed by atoms with Crippen LogP contribution in [0.5, 0.6) is 0 Å². The van der Waals surface area contributed by atoms with Crippen molar-refractivity contribution in [2.75, 3.05) is 20.3 Å². The van der Waals surface area contributed by atoms with Gasteiger partial charge in [0.2, 0.25) is 5.91 Å². The molecule has 1 amide bonds. The van der Waals surface area contributed by atoms with E-state index in [2.05, 4.69) is 10.2 Å². The summed E-state index contributed by atoms with van der Waals surface area (Å²) in [6.45, 7) is 1.07. The van der Waals surface area contributed by atoms with E-state index < -0.39 is 0 Å². The Hall–Kier alpha value is -1.56. The molecular weight excluding hydrogens is 198 g/mol. The summed E-state index contributed by atoms with van der Waals surface area (Å²) in [5.41, 5.74) is 1.42. The maximum Gasteiger partial charge on any atom is 0.269 e. The van der Waals surface area contributed by atoms with Crippen molar-refractivity contribution in [2.45, 2.75) is 13.0 Å². The number of ether oxygens (including phenoxy) is 1. The SMILES string of the molecule is COCC(=O)N1CCc2[nH][nH]c(=O)c2C1. The third kappa shape index (κ3) is 1.80. The normalized spacial score (nSPS) is 15.1. The van der Waals surface area contributed by atoms with E-state index >= 15 is 0 Å². The molecule has 1 aromatic rings. The number of hydrogen-bond donors (Lipinski definition) is 2. The van der Waals surface area contributed by atoms with Gasteiger partial charge in [-0.1, -0.05) is 0 Å². The lowest BCUT2D eigenvalue weighted by Crippen LogP contribution is -2.39. The number of rotatable bonds is 2. The lowest BCUT2D eigenvalue weighted by atomic mass is 10.1. The van der Waals surface area contributed by atoms with E-state index in [4.69, 9.17) is 4.74 Å². The smallest absolute Gasteiger partial charge is 0.269 e. The first-order valence-corrected chi connectivity index (χ1v) is 4.77. The zero-order chi connectivity index (χ0) is 10.8. The molecule has 6 heteroatoms. The van der Waals surface area contributed by atoms with Gasteiger partial charge in [-0.25, -0.2) is 0 Å². The summed E-state index contributed by atoms with van der Waals surface area (Å²) >= 11 is 0. The molecule has 82 valence electrons. The zero-order valence-electron chi connectivity index (χ0n) is 8.50. The van der Waals surface area contributed by atoms with Gasteiger partial charge in [0, 0.05) is 25.8 Å². The van der Waals surface area contributed by atoms with Gasteiger partial charge >= 0.3 is 0 Å². The number of aromatic amines is 2. The quantitative estimate of drug-likeness (QED) is 0.674. The average molecular weight is 211 g/mol. The molecule has 0 spiro atoms. The Morgan fingerprint density at radius 3 is 3.07 bits per heavy atom. The van der Waals surface area contributed by atoms with Gasteiger partial charge in [-0.2, -0.15) is 0 Å². The molecule has 2 heterocycles. The fourth-order valence-electron chi connectivity index (χ4n) is 1.75. The molecule has 6 nitrogen and oxygen atoms in total. The van der Waals surface area contributed by atoms with Crippen LogP contribution in [0.15, 0.2) is 4.79 Å². The van der Waals surface area contributed by atoms with Gasteiger partial charge in [0.1, 0.15) is 6.61 Å². The minimum absolute atomic E-state index is 0.0671. The van der Waals surface area contributed by atoms with Crippen LogP contribution in [0.2, 0.25) is 0 Å². The van der Waals surface area contributed by atoms with Crippen LogP contribution in [-0.2, 0) is 22.5 Å². The number of aromatic nitrogens is 2. The van der Waals surface area contributed by atoms with Gasteiger partial charge in [-0.05, 0) is 0 Å². The van der Waals surface area contributed by atoms with Crippen molar-refractivity contribution in [1.29, 1.82) is 0 Å². The fraction of sp³-hybridized carbons (Fsp3) is 0.556. The van der Waals surface area contributed by atoms with E-state index in [9.17, 15) is 9.59 Å². The summed E-state index contributed by atoms with van der Waals surface area (Å²) in [6, 6.07) is 0. The van der Waals surface area contributed by atoms with Crippen molar-refractivity contribution in [3.63, 3.8) is 0 Å². The van der Waals surface area contributed by atoms with Crippen molar-refractivity contribution >= 4 is 5.91 Å². The second-order valence-corrected chi connectivity index (χ2v) is 3.53. The number of H-pyrrole nitrogens is 2. The molecule has 0 fully saturated rings. The third-order valence-corrected chi connectivity index (χ3v) is 2.57. The van der Waals surface area contributed by atoms with Crippen LogP contribution in [0, 0.1) is 0 Å². The molecule has 0 bridgehead atoms. The standard InChI is InChI=1S/C9H13N3O3/c1-15-5-8(13)12-3-2-7-6(4-12)9(14)11-10-7/h2-5H2,1H3,(H2,10,11,14). The highest BCUT2D eigenvalue weighted by molar-refractivity contribution is 5.77. The van der Waals surface area contributed by atoms with E-state index in [-0.39, 0.29) is 18.1 Å². The van der Waals surface area contributed by atoms with Crippen LogP contribution >= 0.6 is 0 Å². The summed E-state index contributed by atoms with van der Waals surface area (Å²) in [4.78, 5) is 24.5. The van der Waals surface area contributed by atoms with E-state index in [0.29, 0.717) is 25.1 Å². The molecule has 0 aliphatic carbocycles. The number of amides is 1. The summed E-state index contributed by atoms with van der Waals surface area (Å²) in [7, 11) is 1.48. The summed E-state index contributed by atoms with van der Waals surface area (Å²) in [6.07, 6.45) is 0.684. The van der Waals surface area contributed by atoms with E-state index in [1.165, 1.54) is 7.11 Å². The number of carbonyl (C=O) groups excluding carboxylic acids is 1. The highest BCUT2D eigenvalue weighted by atomic mass is 16.5. The van der Waals surface area contributed by atoms with Gasteiger partial charge in [0.05, 0.1) is 12.1 Å². The molecule has 2 N–H and O–H groups in total. The Kier molecular flexibility index (Phi) is 2.59. The largest absolute Gasteiger partial charge is 0.375 e. The average Bonchev–Trinajstić information content (AvgIpc) is 2.60. The second-order valence-electron chi connectivity index (χ2n) is 3.53. The first-order valence-electron chi connectivity index (χ1n) is 4.77. The number of nitrogens with zero attached hydrogens (tertiary/aromatic N) is 1. The Morgan fingerprint density at radius 1 is 1.53 bits per heavy atom. The summed E-state index contributed by atoms with van der Waals surface area (Å²) in [5.74, 6) is -0.0799. The fourth-order valence-corrected chi connectivity index (χ4v) is 1.75. The lowest BCUT2D eigenvalue weighted by Gasteiger charge is -2.25. The predicted octanol–water partition coefficient (Wildman–Crippen LogP) is -0.766. The highest BCUT2D eigenvalue weighted by Gasteiger charge is 2.23. The maximum atomic E-state index is 11.5. The van der Waals surface area contributed by atoms with Crippen LogP contribution in [0.1, 0.15) is 11.3 Å². The Balaban J connectivity index is 2.14. The summed E-state index contributed by atoms with van der Waals surface area (Å²) in [5, 5.41) is 5.33. The zero-order valence-corrected chi connectivity index (χ0v) is 8.50. The molecule has 0 atom stereocenters. The lowest BCUT2D eigenvalue weighted by molar-refractivity contribution is -0.136. The molecule has 0 unspecified atom stereocenters. The molecule has 1 aliphatic rings. The molecule has 0 radical (unpaired) electrons. The van der Waals surface area contributed by atoms with Crippen molar-refractivity contribution in [3.05, 3.63) is 21.6 Å². The Bertz CT molecular complexity index is 420. The van der Waals surface area contributed by atoms with Gasteiger partial charge in [0.25, 0.3) is 5.56 Å². The van der Waals surface area contributed by atoms with E-state index in [1.54, 1.807) is 4.90 Å². The summed E-state index contributed by atoms with van der Waals surface area (Å²) < 4.78 is 4.77. The van der Waals surface area contributed by atoms with Crippen molar-refractivity contribution in [3.8, 4) is 0 Å². The van der Waals surface area contributed by atoms with Gasteiger partial charge in [0.15, 0.2) is 0 Å². The van der Waals surface area contributed by atoms with Crippen LogP contribution < -0.4 is 5.56 Å². The third-order valence-electron chi connectivity index (χ3n) is 2.57. The minimum atomic E-state index is -0.139. The molecule has 0 saturated carbocycles. The molecular formula is C9H13N3O3. The van der Waals surface area contributed by atoms with Gasteiger partial charge < -0.3 is 14.7 Å².